The zero-order chi connectivity index (χ0) is 15.0. The number of hydrazine groups is 1. The Morgan fingerprint density at radius 2 is 1.86 bits per heavy atom. The first-order valence-electron chi connectivity index (χ1n) is 6.52. The predicted octanol–water partition coefficient (Wildman–Crippen LogP) is 3.26. The molecule has 110 valence electrons. The van der Waals surface area contributed by atoms with Crippen molar-refractivity contribution in [3.05, 3.63) is 40.4 Å². The van der Waals surface area contributed by atoms with E-state index in [1.54, 1.807) is 6.07 Å². The van der Waals surface area contributed by atoms with Gasteiger partial charge < -0.3 is 15.2 Å². The number of likely N-dealkylation sites (N-methyl/N-ethyl adjacent to an activating group) is 1. The summed E-state index contributed by atoms with van der Waals surface area (Å²) in [5.41, 5.74) is 4.69. The van der Waals surface area contributed by atoms with Gasteiger partial charge in [0.15, 0.2) is 11.6 Å². The average Bonchev–Trinajstić information content (AvgIpc) is 2.49. The van der Waals surface area contributed by atoms with Crippen LogP contribution in [0.25, 0.3) is 0 Å². The number of halogens is 2. The molecular formula is C14H15Cl2N5. The van der Waals surface area contributed by atoms with Crippen molar-refractivity contribution in [3.63, 3.8) is 0 Å². The van der Waals surface area contributed by atoms with Crippen molar-refractivity contribution in [1.82, 2.24) is 4.98 Å². The van der Waals surface area contributed by atoms with E-state index in [4.69, 9.17) is 29.0 Å². The van der Waals surface area contributed by atoms with Gasteiger partial charge in [0.1, 0.15) is 0 Å². The van der Waals surface area contributed by atoms with E-state index in [1.807, 2.05) is 18.2 Å². The lowest BCUT2D eigenvalue weighted by Crippen LogP contribution is -2.37. The van der Waals surface area contributed by atoms with Gasteiger partial charge in [0.05, 0.1) is 21.4 Å². The Labute approximate surface area is 133 Å². The third-order valence-electron chi connectivity index (χ3n) is 3.55. The summed E-state index contributed by atoms with van der Waals surface area (Å²) >= 11 is 12.4. The molecule has 1 aromatic carbocycles. The Balaban J connectivity index is 2.12. The number of pyridine rings is 1. The van der Waals surface area contributed by atoms with Crippen LogP contribution in [0.5, 0.6) is 0 Å². The molecule has 3 rings (SSSR count). The number of nitrogens with one attached hydrogen (secondary N) is 1. The van der Waals surface area contributed by atoms with Crippen molar-refractivity contribution >= 4 is 46.2 Å². The Morgan fingerprint density at radius 1 is 1.14 bits per heavy atom. The van der Waals surface area contributed by atoms with Crippen LogP contribution in [-0.2, 0) is 0 Å². The Hall–Kier alpha value is -1.69. The zero-order valence-electron chi connectivity index (χ0n) is 11.5. The fraction of sp³-hybridized carbons (Fsp3) is 0.214. The molecule has 21 heavy (non-hydrogen) atoms. The monoisotopic (exact) mass is 323 g/mol. The summed E-state index contributed by atoms with van der Waals surface area (Å²) in [6, 6.07) is 9.79. The number of fused-ring (bicyclic) bond motifs is 1. The zero-order valence-corrected chi connectivity index (χ0v) is 13.0. The van der Waals surface area contributed by atoms with Crippen LogP contribution in [0.2, 0.25) is 10.0 Å². The number of nitrogen functional groups attached to an aromatic ring is 1. The molecule has 1 aromatic heterocycles. The Kier molecular flexibility index (Phi) is 3.80. The number of nitrogens with zero attached hydrogens (tertiary/aromatic N) is 3. The Morgan fingerprint density at radius 3 is 2.57 bits per heavy atom. The van der Waals surface area contributed by atoms with Gasteiger partial charge in [-0.1, -0.05) is 35.3 Å². The van der Waals surface area contributed by atoms with Gasteiger partial charge in [0.25, 0.3) is 0 Å². The second kappa shape index (κ2) is 5.60. The number of anilines is 4. The summed E-state index contributed by atoms with van der Waals surface area (Å²) < 4.78 is 0. The van der Waals surface area contributed by atoms with Gasteiger partial charge in [-0.2, -0.15) is 0 Å². The average molecular weight is 324 g/mol. The van der Waals surface area contributed by atoms with E-state index in [-0.39, 0.29) is 0 Å². The van der Waals surface area contributed by atoms with Crippen LogP contribution in [0.3, 0.4) is 0 Å². The summed E-state index contributed by atoms with van der Waals surface area (Å²) in [7, 11) is 2.07. The lowest BCUT2D eigenvalue weighted by atomic mass is 10.1. The summed E-state index contributed by atoms with van der Waals surface area (Å²) in [4.78, 5) is 8.73. The van der Waals surface area contributed by atoms with E-state index in [2.05, 4.69) is 33.3 Å². The minimum atomic E-state index is 0.397. The molecule has 2 heterocycles. The highest BCUT2D eigenvalue weighted by Gasteiger charge is 2.24. The van der Waals surface area contributed by atoms with Crippen LogP contribution in [0.4, 0.5) is 23.0 Å². The standard InChI is InChI=1S/C14H15Cl2N5/c1-20-6-7-21(12-5-3-2-4-11(12)20)14-10(16)8-9(15)13(18-14)19-17/h2-5,8H,6-7,17H2,1H3,(H,18,19). The molecule has 7 heteroatoms. The lowest BCUT2D eigenvalue weighted by molar-refractivity contribution is 0.813. The first-order valence-corrected chi connectivity index (χ1v) is 7.27. The van der Waals surface area contributed by atoms with E-state index >= 15 is 0 Å². The van der Waals surface area contributed by atoms with Crippen molar-refractivity contribution in [3.8, 4) is 0 Å². The number of nitrogens with two attached hydrogens (primary N) is 1. The first kappa shape index (κ1) is 14.3. The van der Waals surface area contributed by atoms with E-state index < -0.39 is 0 Å². The fourth-order valence-corrected chi connectivity index (χ4v) is 2.99. The fourth-order valence-electron chi connectivity index (χ4n) is 2.47. The van der Waals surface area contributed by atoms with Crippen molar-refractivity contribution in [2.45, 2.75) is 0 Å². The highest BCUT2D eigenvalue weighted by Crippen LogP contribution is 2.40. The van der Waals surface area contributed by atoms with Crippen molar-refractivity contribution < 1.29 is 0 Å². The number of hydrogen-bond donors (Lipinski definition) is 2. The van der Waals surface area contributed by atoms with E-state index in [9.17, 15) is 0 Å². The second-order valence-corrected chi connectivity index (χ2v) is 5.64. The highest BCUT2D eigenvalue weighted by molar-refractivity contribution is 6.37. The van der Waals surface area contributed by atoms with Crippen LogP contribution in [0.15, 0.2) is 30.3 Å². The third-order valence-corrected chi connectivity index (χ3v) is 4.11. The molecule has 0 saturated heterocycles. The van der Waals surface area contributed by atoms with Crippen molar-refractivity contribution in [2.75, 3.05) is 35.4 Å². The summed E-state index contributed by atoms with van der Waals surface area (Å²) in [5.74, 6) is 6.51. The number of para-hydroxylation sites is 2. The van der Waals surface area contributed by atoms with E-state index in [1.165, 1.54) is 0 Å². The van der Waals surface area contributed by atoms with Gasteiger partial charge >= 0.3 is 0 Å². The van der Waals surface area contributed by atoms with Gasteiger partial charge in [0.2, 0.25) is 0 Å². The molecule has 0 saturated carbocycles. The minimum absolute atomic E-state index is 0.397. The van der Waals surface area contributed by atoms with Gasteiger partial charge in [-0.05, 0) is 18.2 Å². The molecule has 0 aliphatic carbocycles. The topological polar surface area (TPSA) is 57.4 Å². The molecule has 0 unspecified atom stereocenters. The molecule has 5 nitrogen and oxygen atoms in total. The molecule has 0 amide bonds. The maximum absolute atomic E-state index is 6.32. The number of rotatable bonds is 2. The molecule has 1 aliphatic rings. The Bertz CT molecular complexity index is 676. The predicted molar refractivity (Wildman–Crippen MR) is 88.8 cm³/mol. The van der Waals surface area contributed by atoms with Crippen LogP contribution >= 0.6 is 23.2 Å². The SMILES string of the molecule is CN1CCN(c2nc(NN)c(Cl)cc2Cl)c2ccccc21. The quantitative estimate of drug-likeness (QED) is 0.656. The van der Waals surface area contributed by atoms with Crippen molar-refractivity contribution in [1.29, 1.82) is 0 Å². The van der Waals surface area contributed by atoms with Crippen LogP contribution in [0.1, 0.15) is 0 Å². The van der Waals surface area contributed by atoms with Gasteiger partial charge in [-0.15, -0.1) is 0 Å². The maximum atomic E-state index is 6.32. The molecule has 1 aliphatic heterocycles. The van der Waals surface area contributed by atoms with E-state index in [0.29, 0.717) is 21.7 Å². The van der Waals surface area contributed by atoms with Crippen molar-refractivity contribution in [2.24, 2.45) is 5.84 Å². The van der Waals surface area contributed by atoms with Gasteiger partial charge in [-0.3, -0.25) is 0 Å². The van der Waals surface area contributed by atoms with Crippen LogP contribution < -0.4 is 21.1 Å². The summed E-state index contributed by atoms with van der Waals surface area (Å²) in [5, 5.41) is 0.895. The number of aromatic nitrogens is 1. The molecule has 0 radical (unpaired) electrons. The molecule has 0 bridgehead atoms. The molecule has 3 N–H and O–H groups in total. The normalized spacial score (nSPS) is 14.1. The smallest absolute Gasteiger partial charge is 0.161 e. The number of hydrogen-bond acceptors (Lipinski definition) is 5. The van der Waals surface area contributed by atoms with Gasteiger partial charge in [0, 0.05) is 20.1 Å². The molecule has 2 aromatic rings. The lowest BCUT2D eigenvalue weighted by Gasteiger charge is -2.36. The summed E-state index contributed by atoms with van der Waals surface area (Å²) in [6.07, 6.45) is 0. The molecular weight excluding hydrogens is 309 g/mol. The second-order valence-electron chi connectivity index (χ2n) is 4.83. The van der Waals surface area contributed by atoms with Crippen LogP contribution in [0, 0.1) is 0 Å². The first-order chi connectivity index (χ1) is 10.1. The minimum Gasteiger partial charge on any atom is -0.371 e. The summed E-state index contributed by atoms with van der Waals surface area (Å²) in [6.45, 7) is 1.66. The molecule has 0 spiro atoms. The highest BCUT2D eigenvalue weighted by atomic mass is 35.5. The molecule has 0 fully saturated rings. The largest absolute Gasteiger partial charge is 0.371 e. The number of benzene rings is 1. The third kappa shape index (κ3) is 2.48. The van der Waals surface area contributed by atoms with Gasteiger partial charge in [-0.25, -0.2) is 10.8 Å². The van der Waals surface area contributed by atoms with E-state index in [0.717, 1.165) is 24.5 Å². The molecule has 0 atom stereocenters. The maximum Gasteiger partial charge on any atom is 0.161 e. The van der Waals surface area contributed by atoms with Crippen LogP contribution in [-0.4, -0.2) is 25.1 Å².